The van der Waals surface area contributed by atoms with Gasteiger partial charge in [0.25, 0.3) is 0 Å². The lowest BCUT2D eigenvalue weighted by Crippen LogP contribution is -1.96. The van der Waals surface area contributed by atoms with Crippen LogP contribution in [-0.4, -0.2) is 9.55 Å². The summed E-state index contributed by atoms with van der Waals surface area (Å²) in [6.07, 6.45) is 3.67. The summed E-state index contributed by atoms with van der Waals surface area (Å²) in [7, 11) is 0. The largest absolute Gasteiger partial charge is 0.325 e. The molecule has 0 aliphatic heterocycles. The van der Waals surface area contributed by atoms with Crippen LogP contribution in [0.15, 0.2) is 30.7 Å². The quantitative estimate of drug-likeness (QED) is 0.846. The Hall–Kier alpha value is -1.32. The Kier molecular flexibility index (Phi) is 2.75. The molecule has 3 nitrogen and oxygen atoms in total. The van der Waals surface area contributed by atoms with E-state index in [4.69, 9.17) is 17.3 Å². The van der Waals surface area contributed by atoms with Crippen molar-refractivity contribution in [3.05, 3.63) is 47.0 Å². The summed E-state index contributed by atoms with van der Waals surface area (Å²) in [5.41, 5.74) is 8.57. The SMILES string of the molecule is Cc1ccc(Cl)cc1-n1cnc(CN)c1. The molecular formula is C11H12ClN3. The zero-order valence-corrected chi connectivity index (χ0v) is 9.20. The summed E-state index contributed by atoms with van der Waals surface area (Å²) in [4.78, 5) is 4.18. The minimum atomic E-state index is 0.451. The molecule has 0 bridgehead atoms. The van der Waals surface area contributed by atoms with Crippen LogP contribution in [-0.2, 0) is 6.54 Å². The van der Waals surface area contributed by atoms with Gasteiger partial charge in [-0.15, -0.1) is 0 Å². The van der Waals surface area contributed by atoms with Crippen molar-refractivity contribution in [3.8, 4) is 5.69 Å². The highest BCUT2D eigenvalue weighted by molar-refractivity contribution is 6.30. The molecule has 0 unspecified atom stereocenters. The van der Waals surface area contributed by atoms with Crippen molar-refractivity contribution in [2.75, 3.05) is 0 Å². The van der Waals surface area contributed by atoms with Gasteiger partial charge in [-0.1, -0.05) is 17.7 Å². The zero-order valence-electron chi connectivity index (χ0n) is 8.44. The van der Waals surface area contributed by atoms with E-state index < -0.39 is 0 Å². The summed E-state index contributed by atoms with van der Waals surface area (Å²) < 4.78 is 1.93. The fourth-order valence-electron chi connectivity index (χ4n) is 1.46. The van der Waals surface area contributed by atoms with E-state index in [9.17, 15) is 0 Å². The van der Waals surface area contributed by atoms with Gasteiger partial charge in [0.15, 0.2) is 0 Å². The maximum absolute atomic E-state index is 5.95. The molecule has 0 fully saturated rings. The molecule has 0 amide bonds. The van der Waals surface area contributed by atoms with Crippen LogP contribution in [0.5, 0.6) is 0 Å². The van der Waals surface area contributed by atoms with Crippen molar-refractivity contribution in [2.24, 2.45) is 5.73 Å². The lowest BCUT2D eigenvalue weighted by Gasteiger charge is -2.06. The van der Waals surface area contributed by atoms with Crippen molar-refractivity contribution in [2.45, 2.75) is 13.5 Å². The Bertz CT molecular complexity index is 476. The fraction of sp³-hybridized carbons (Fsp3) is 0.182. The third-order valence-corrected chi connectivity index (χ3v) is 2.53. The maximum atomic E-state index is 5.95. The molecule has 1 aromatic heterocycles. The molecule has 0 radical (unpaired) electrons. The van der Waals surface area contributed by atoms with Crippen LogP contribution < -0.4 is 5.73 Å². The topological polar surface area (TPSA) is 43.8 Å². The first-order chi connectivity index (χ1) is 7.20. The fourth-order valence-corrected chi connectivity index (χ4v) is 1.63. The smallest absolute Gasteiger partial charge is 0.0995 e. The normalized spacial score (nSPS) is 10.6. The summed E-state index contributed by atoms with van der Waals surface area (Å²) in [5.74, 6) is 0. The molecule has 15 heavy (non-hydrogen) atoms. The van der Waals surface area contributed by atoms with Gasteiger partial charge in [-0.3, -0.25) is 0 Å². The van der Waals surface area contributed by atoms with E-state index in [0.717, 1.165) is 22.0 Å². The number of hydrogen-bond acceptors (Lipinski definition) is 2. The third-order valence-electron chi connectivity index (χ3n) is 2.29. The van der Waals surface area contributed by atoms with Crippen molar-refractivity contribution in [1.29, 1.82) is 0 Å². The lowest BCUT2D eigenvalue weighted by atomic mass is 10.2. The highest BCUT2D eigenvalue weighted by atomic mass is 35.5. The van der Waals surface area contributed by atoms with E-state index in [0.29, 0.717) is 6.54 Å². The van der Waals surface area contributed by atoms with Crippen LogP contribution in [0.1, 0.15) is 11.3 Å². The molecule has 0 saturated heterocycles. The van der Waals surface area contributed by atoms with E-state index in [1.54, 1.807) is 6.33 Å². The molecule has 0 atom stereocenters. The van der Waals surface area contributed by atoms with Crippen LogP contribution >= 0.6 is 11.6 Å². The van der Waals surface area contributed by atoms with E-state index in [2.05, 4.69) is 4.98 Å². The molecule has 4 heteroatoms. The molecule has 1 heterocycles. The average molecular weight is 222 g/mol. The van der Waals surface area contributed by atoms with E-state index in [-0.39, 0.29) is 0 Å². The second-order valence-electron chi connectivity index (χ2n) is 3.41. The molecule has 2 rings (SSSR count). The number of nitrogens with zero attached hydrogens (tertiary/aromatic N) is 2. The van der Waals surface area contributed by atoms with E-state index >= 15 is 0 Å². The van der Waals surface area contributed by atoms with Gasteiger partial charge in [0.1, 0.15) is 0 Å². The van der Waals surface area contributed by atoms with Gasteiger partial charge in [0.05, 0.1) is 17.7 Å². The van der Waals surface area contributed by atoms with Gasteiger partial charge >= 0.3 is 0 Å². The van der Waals surface area contributed by atoms with Gasteiger partial charge < -0.3 is 10.3 Å². The average Bonchev–Trinajstić information content (AvgIpc) is 2.70. The number of hydrogen-bond donors (Lipinski definition) is 1. The molecular weight excluding hydrogens is 210 g/mol. The molecule has 2 N–H and O–H groups in total. The van der Waals surface area contributed by atoms with Gasteiger partial charge in [-0.25, -0.2) is 4.98 Å². The third kappa shape index (κ3) is 2.03. The number of rotatable bonds is 2. The number of halogens is 1. The second-order valence-corrected chi connectivity index (χ2v) is 3.84. The summed E-state index contributed by atoms with van der Waals surface area (Å²) >= 11 is 5.95. The van der Waals surface area contributed by atoms with Crippen LogP contribution in [0.2, 0.25) is 5.02 Å². The Balaban J connectivity index is 2.48. The molecule has 0 saturated carbocycles. The number of imidazole rings is 1. The highest BCUT2D eigenvalue weighted by Crippen LogP contribution is 2.19. The van der Waals surface area contributed by atoms with Crippen molar-refractivity contribution in [1.82, 2.24) is 9.55 Å². The molecule has 78 valence electrons. The van der Waals surface area contributed by atoms with Gasteiger partial charge in [-0.2, -0.15) is 0 Å². The Labute approximate surface area is 93.5 Å². The first kappa shape index (κ1) is 10.2. The Morgan fingerprint density at radius 2 is 2.27 bits per heavy atom. The maximum Gasteiger partial charge on any atom is 0.0995 e. The van der Waals surface area contributed by atoms with Crippen LogP contribution in [0.25, 0.3) is 5.69 Å². The van der Waals surface area contributed by atoms with Crippen LogP contribution in [0, 0.1) is 6.92 Å². The Morgan fingerprint density at radius 1 is 1.47 bits per heavy atom. The minimum Gasteiger partial charge on any atom is -0.325 e. The van der Waals surface area contributed by atoms with Gasteiger partial charge in [-0.05, 0) is 24.6 Å². The number of aryl methyl sites for hydroxylation is 1. The first-order valence-corrected chi connectivity index (χ1v) is 5.08. The second kappa shape index (κ2) is 4.04. The van der Waals surface area contributed by atoms with Crippen LogP contribution in [0.3, 0.4) is 0 Å². The molecule has 0 aliphatic rings. The lowest BCUT2D eigenvalue weighted by molar-refractivity contribution is 1.01. The van der Waals surface area contributed by atoms with Crippen molar-refractivity contribution in [3.63, 3.8) is 0 Å². The molecule has 0 spiro atoms. The van der Waals surface area contributed by atoms with E-state index in [1.807, 2.05) is 35.9 Å². The standard InChI is InChI=1S/C11H12ClN3/c1-8-2-3-9(12)4-11(8)15-6-10(5-13)14-7-15/h2-4,6-7H,5,13H2,1H3. The summed E-state index contributed by atoms with van der Waals surface area (Å²) in [6.45, 7) is 2.49. The number of aromatic nitrogens is 2. The monoisotopic (exact) mass is 221 g/mol. The zero-order chi connectivity index (χ0) is 10.8. The number of nitrogens with two attached hydrogens (primary N) is 1. The van der Waals surface area contributed by atoms with Gasteiger partial charge in [0, 0.05) is 17.8 Å². The summed E-state index contributed by atoms with van der Waals surface area (Å²) in [5, 5.41) is 0.721. The predicted octanol–water partition coefficient (Wildman–Crippen LogP) is 2.29. The molecule has 2 aromatic rings. The first-order valence-electron chi connectivity index (χ1n) is 4.70. The molecule has 1 aromatic carbocycles. The number of benzene rings is 1. The van der Waals surface area contributed by atoms with Crippen LogP contribution in [0.4, 0.5) is 0 Å². The highest BCUT2D eigenvalue weighted by Gasteiger charge is 2.03. The van der Waals surface area contributed by atoms with Crippen molar-refractivity contribution < 1.29 is 0 Å². The Morgan fingerprint density at radius 3 is 2.93 bits per heavy atom. The summed E-state index contributed by atoms with van der Waals surface area (Å²) in [6, 6.07) is 5.78. The predicted molar refractivity (Wildman–Crippen MR) is 61.2 cm³/mol. The minimum absolute atomic E-state index is 0.451. The van der Waals surface area contributed by atoms with Crippen molar-refractivity contribution >= 4 is 11.6 Å². The molecule has 0 aliphatic carbocycles. The van der Waals surface area contributed by atoms with E-state index in [1.165, 1.54) is 0 Å². The van der Waals surface area contributed by atoms with Gasteiger partial charge in [0.2, 0.25) is 0 Å².